The van der Waals surface area contributed by atoms with Crippen molar-refractivity contribution in [3.8, 4) is 22.8 Å². The van der Waals surface area contributed by atoms with Gasteiger partial charge < -0.3 is 25.6 Å². The third kappa shape index (κ3) is 4.96. The Morgan fingerprint density at radius 2 is 2.02 bits per heavy atom. The minimum atomic E-state index is -1.65. The number of ether oxygens (including phenoxy) is 2. The van der Waals surface area contributed by atoms with Crippen LogP contribution in [0.4, 0.5) is 4.39 Å². The summed E-state index contributed by atoms with van der Waals surface area (Å²) in [6.45, 7) is 3.15. The molecule has 0 radical (unpaired) electrons. The van der Waals surface area contributed by atoms with Crippen LogP contribution >= 0.6 is 27.5 Å². The number of aromatic nitrogens is 2. The molecular weight excluding hydrogens is 655 g/mol. The maximum absolute atomic E-state index is 15.4. The predicted octanol–water partition coefficient (Wildman–Crippen LogP) is 5.33. The molecule has 12 heteroatoms. The van der Waals surface area contributed by atoms with Gasteiger partial charge in [-0.3, -0.25) is 9.59 Å². The highest BCUT2D eigenvalue weighted by molar-refractivity contribution is 9.10. The molecule has 1 aliphatic carbocycles. The Kier molecular flexibility index (Phi) is 7.54. The molecule has 2 atom stereocenters. The van der Waals surface area contributed by atoms with Gasteiger partial charge in [0.05, 0.1) is 34.5 Å². The molecule has 0 unspecified atom stereocenters. The fraction of sp³-hybridized carbons (Fsp3) is 0.312. The van der Waals surface area contributed by atoms with Gasteiger partial charge in [-0.2, -0.15) is 0 Å². The van der Waals surface area contributed by atoms with Gasteiger partial charge >= 0.3 is 0 Å². The third-order valence-corrected chi connectivity index (χ3v) is 9.53. The first-order valence-electron chi connectivity index (χ1n) is 14.0. The van der Waals surface area contributed by atoms with E-state index < -0.39 is 28.6 Å². The second-order valence-corrected chi connectivity index (χ2v) is 12.8. The van der Waals surface area contributed by atoms with Gasteiger partial charge in [0.1, 0.15) is 46.1 Å². The van der Waals surface area contributed by atoms with Crippen molar-refractivity contribution in [2.75, 3.05) is 20.3 Å². The lowest BCUT2D eigenvalue weighted by Crippen LogP contribution is -2.44. The zero-order valence-electron chi connectivity index (χ0n) is 24.1. The highest BCUT2D eigenvalue weighted by Crippen LogP contribution is 2.50. The van der Waals surface area contributed by atoms with E-state index in [4.69, 9.17) is 31.8 Å². The van der Waals surface area contributed by atoms with E-state index in [1.54, 1.807) is 56.3 Å². The summed E-state index contributed by atoms with van der Waals surface area (Å²) in [5.41, 5.74) is 5.21. The minimum absolute atomic E-state index is 0.0633. The lowest BCUT2D eigenvalue weighted by Gasteiger charge is -2.30. The van der Waals surface area contributed by atoms with Crippen molar-refractivity contribution in [2.24, 2.45) is 11.7 Å². The molecule has 0 saturated heterocycles. The number of methoxy groups -OCH3 is 1. The Balaban J connectivity index is 1.41. The van der Waals surface area contributed by atoms with E-state index in [1.165, 1.54) is 7.11 Å². The molecule has 4 aromatic rings. The highest BCUT2D eigenvalue weighted by Gasteiger charge is 2.50. The summed E-state index contributed by atoms with van der Waals surface area (Å²) in [5, 5.41) is 16.1. The van der Waals surface area contributed by atoms with E-state index in [0.717, 1.165) is 0 Å². The topological polar surface area (TPSA) is 137 Å². The quantitative estimate of drug-likeness (QED) is 0.228. The van der Waals surface area contributed by atoms with Crippen LogP contribution in [0, 0.1) is 18.7 Å². The summed E-state index contributed by atoms with van der Waals surface area (Å²) in [6, 6.07) is 11.3. The molecule has 0 bridgehead atoms. The number of amides is 2. The molecule has 2 amide bonds. The van der Waals surface area contributed by atoms with Gasteiger partial charge in [0.15, 0.2) is 0 Å². The first-order valence-corrected chi connectivity index (χ1v) is 15.1. The smallest absolute Gasteiger partial charge is 0.251 e. The van der Waals surface area contributed by atoms with Crippen LogP contribution < -0.4 is 20.5 Å². The number of nitrogens with two attached hydrogens (primary N) is 1. The zero-order chi connectivity index (χ0) is 31.6. The Morgan fingerprint density at radius 3 is 2.70 bits per heavy atom. The van der Waals surface area contributed by atoms with E-state index in [2.05, 4.69) is 26.2 Å². The number of hydrogen-bond acceptors (Lipinski definition) is 7. The molecule has 1 aliphatic heterocycles. The van der Waals surface area contributed by atoms with Crippen LogP contribution in [0.3, 0.4) is 0 Å². The molecule has 0 spiro atoms. The fourth-order valence-corrected chi connectivity index (χ4v) is 6.13. The molecule has 6 rings (SSSR count). The maximum Gasteiger partial charge on any atom is 0.251 e. The summed E-state index contributed by atoms with van der Waals surface area (Å²) in [6.07, 6.45) is 1.37. The maximum atomic E-state index is 15.4. The van der Waals surface area contributed by atoms with Crippen LogP contribution in [-0.2, 0) is 15.8 Å². The van der Waals surface area contributed by atoms with Crippen molar-refractivity contribution >= 4 is 50.2 Å². The van der Waals surface area contributed by atoms with Crippen LogP contribution in [0.25, 0.3) is 22.2 Å². The van der Waals surface area contributed by atoms with Crippen molar-refractivity contribution in [3.63, 3.8) is 0 Å². The lowest BCUT2D eigenvalue weighted by molar-refractivity contribution is -0.123. The molecule has 2 aliphatic rings. The highest BCUT2D eigenvalue weighted by atomic mass is 79.9. The van der Waals surface area contributed by atoms with Crippen LogP contribution in [0.2, 0.25) is 5.02 Å². The van der Waals surface area contributed by atoms with Gasteiger partial charge in [0.2, 0.25) is 5.91 Å². The monoisotopic (exact) mass is 682 g/mol. The van der Waals surface area contributed by atoms with Gasteiger partial charge in [-0.25, -0.2) is 14.4 Å². The number of aryl methyl sites for hydroxylation is 1. The number of benzene rings is 2. The Labute approximate surface area is 266 Å². The third-order valence-electron chi connectivity index (χ3n) is 8.53. The second kappa shape index (κ2) is 11.0. The van der Waals surface area contributed by atoms with Crippen molar-refractivity contribution in [1.82, 2.24) is 15.3 Å². The number of nitrogens with one attached hydrogen (secondary N) is 1. The van der Waals surface area contributed by atoms with Gasteiger partial charge in [-0.05, 0) is 84.9 Å². The van der Waals surface area contributed by atoms with Gasteiger partial charge in [0.25, 0.3) is 5.91 Å². The number of pyridine rings is 2. The molecule has 44 heavy (non-hydrogen) atoms. The number of fused-ring (bicyclic) bond motifs is 2. The number of hydrogen-bond donors (Lipinski definition) is 3. The molecule has 1 fully saturated rings. The molecule has 3 heterocycles. The number of carbonyl (C=O) groups is 2. The average molecular weight is 684 g/mol. The van der Waals surface area contributed by atoms with Crippen LogP contribution in [0.5, 0.6) is 11.5 Å². The minimum Gasteiger partial charge on any atom is -0.494 e. The number of carbonyl (C=O) groups excluding carboxylic acids is 2. The first kappa shape index (κ1) is 30.2. The summed E-state index contributed by atoms with van der Waals surface area (Å²) >= 11 is 9.51. The summed E-state index contributed by atoms with van der Waals surface area (Å²) < 4.78 is 27.0. The number of rotatable bonds is 8. The largest absolute Gasteiger partial charge is 0.494 e. The van der Waals surface area contributed by atoms with E-state index in [0.29, 0.717) is 45.8 Å². The molecule has 1 saturated carbocycles. The number of primary amides is 1. The van der Waals surface area contributed by atoms with Crippen molar-refractivity contribution in [1.29, 1.82) is 0 Å². The standard InChI is InChI=1S/C32H29BrClFN4O5/c1-15-22(34)10-16-9-17(11-23(43-3)26(16)38-15)29(40)37-13-32(42,18-7-8-18)24-12-20-28(44-14-31(20,2)30(36)41)27(39-24)19-5-4-6-21(33)25(19)35/h4-6,9-12,18,42H,7-8,13-14H2,1-3H3,(H2,36,41)(H,37,40)/t31-,32+/m0/s1. The predicted molar refractivity (Wildman–Crippen MR) is 166 cm³/mol. The molecule has 2 aromatic carbocycles. The number of aliphatic hydroxyl groups is 1. The average Bonchev–Trinajstić information content (AvgIpc) is 3.80. The molecule has 228 valence electrons. The number of halogens is 3. The molecular formula is C32H29BrClFN4O5. The van der Waals surface area contributed by atoms with Gasteiger partial charge in [-0.1, -0.05) is 17.7 Å². The molecule has 2 aromatic heterocycles. The van der Waals surface area contributed by atoms with Gasteiger partial charge in [0, 0.05) is 22.1 Å². The summed E-state index contributed by atoms with van der Waals surface area (Å²) in [7, 11) is 1.49. The Bertz CT molecular complexity index is 1870. The van der Waals surface area contributed by atoms with Crippen LogP contribution in [0.1, 0.15) is 47.1 Å². The van der Waals surface area contributed by atoms with E-state index in [1.807, 2.05) is 0 Å². The molecule has 4 N–H and O–H groups in total. The SMILES string of the molecule is COc1cc(C(=O)NC[C@](O)(c2cc3c(c(-c4cccc(Br)c4F)n2)OC[C@]3(C)C(N)=O)C2CC2)cc2cc(Cl)c(C)nc12. The van der Waals surface area contributed by atoms with Crippen LogP contribution in [0.15, 0.2) is 46.9 Å². The van der Waals surface area contributed by atoms with Gasteiger partial charge in [-0.15, -0.1) is 0 Å². The normalized spacial score (nSPS) is 18.8. The second-order valence-electron chi connectivity index (χ2n) is 11.5. The van der Waals surface area contributed by atoms with E-state index >= 15 is 4.39 Å². The Hall–Kier alpha value is -3.80. The number of nitrogens with zero attached hydrogens (tertiary/aromatic N) is 2. The molecule has 9 nitrogen and oxygen atoms in total. The fourth-order valence-electron chi connectivity index (χ4n) is 5.61. The van der Waals surface area contributed by atoms with Crippen molar-refractivity contribution in [2.45, 2.75) is 37.7 Å². The van der Waals surface area contributed by atoms with E-state index in [9.17, 15) is 14.7 Å². The Morgan fingerprint density at radius 1 is 1.27 bits per heavy atom. The first-order chi connectivity index (χ1) is 20.9. The van der Waals surface area contributed by atoms with E-state index in [-0.39, 0.29) is 51.8 Å². The van der Waals surface area contributed by atoms with Crippen molar-refractivity contribution < 1.29 is 28.6 Å². The van der Waals surface area contributed by atoms with Crippen molar-refractivity contribution in [3.05, 3.63) is 80.3 Å². The summed E-state index contributed by atoms with van der Waals surface area (Å²) in [5.74, 6) is -1.29. The summed E-state index contributed by atoms with van der Waals surface area (Å²) in [4.78, 5) is 35.3. The lowest BCUT2D eigenvalue weighted by atomic mass is 9.81. The zero-order valence-corrected chi connectivity index (χ0v) is 26.5. The van der Waals surface area contributed by atoms with Crippen LogP contribution in [-0.4, -0.2) is 47.2 Å².